The standard InChI is InChI=1S/C48H91O10P/c1-3-5-7-9-11-13-15-17-19-21-22-24-25-27-29-31-33-35-37-39-47(51)55-43-46(44-57-59(53,54)56-42-45(50)41-49)58-48(52)40-38-36-34-32-30-28-26-23-20-18-16-14-12-10-8-6-4-2/h18,20-22,45-46,49-50H,3-17,19,23-44H2,1-2H3,(H,53,54)/b20-18-,22-21-/t45-,46+/m0/s1. The minimum atomic E-state index is -4.62. The number of rotatable bonds is 46. The third-order valence-electron chi connectivity index (χ3n) is 10.6. The molecular formula is C48H91O10P. The van der Waals surface area contributed by atoms with Gasteiger partial charge in [0.1, 0.15) is 12.7 Å². The van der Waals surface area contributed by atoms with Crippen LogP contribution in [0.3, 0.4) is 0 Å². The lowest BCUT2D eigenvalue weighted by Gasteiger charge is -2.20. The number of hydrogen-bond acceptors (Lipinski definition) is 9. The fourth-order valence-corrected chi connectivity index (χ4v) is 7.60. The van der Waals surface area contributed by atoms with Gasteiger partial charge in [-0.1, -0.05) is 179 Å². The molecule has 59 heavy (non-hydrogen) atoms. The van der Waals surface area contributed by atoms with E-state index < -0.39 is 51.8 Å². The van der Waals surface area contributed by atoms with Crippen molar-refractivity contribution in [1.29, 1.82) is 0 Å². The summed E-state index contributed by atoms with van der Waals surface area (Å²) in [5.41, 5.74) is 0. The number of allylic oxidation sites excluding steroid dienone is 4. The summed E-state index contributed by atoms with van der Waals surface area (Å²) in [6, 6.07) is 0. The van der Waals surface area contributed by atoms with Gasteiger partial charge in [-0.25, -0.2) is 4.57 Å². The van der Waals surface area contributed by atoms with E-state index in [4.69, 9.17) is 23.6 Å². The Morgan fingerprint density at radius 3 is 1.22 bits per heavy atom. The zero-order valence-corrected chi connectivity index (χ0v) is 38.9. The van der Waals surface area contributed by atoms with Crippen LogP contribution in [0.2, 0.25) is 0 Å². The van der Waals surface area contributed by atoms with Crippen LogP contribution in [-0.2, 0) is 32.7 Å². The normalized spacial score (nSPS) is 13.9. The van der Waals surface area contributed by atoms with Crippen molar-refractivity contribution in [2.75, 3.05) is 26.4 Å². The van der Waals surface area contributed by atoms with Gasteiger partial charge in [-0.2, -0.15) is 0 Å². The van der Waals surface area contributed by atoms with Crippen LogP contribution in [-0.4, -0.2) is 65.7 Å². The minimum absolute atomic E-state index is 0.180. The summed E-state index contributed by atoms with van der Waals surface area (Å²) in [6.45, 7) is 2.40. The molecule has 0 fully saturated rings. The molecular weight excluding hydrogens is 767 g/mol. The Labute approximate surface area is 361 Å². The summed E-state index contributed by atoms with van der Waals surface area (Å²) >= 11 is 0. The maximum absolute atomic E-state index is 12.6. The fraction of sp³-hybridized carbons (Fsp3) is 0.875. The molecule has 0 aliphatic carbocycles. The van der Waals surface area contributed by atoms with Crippen molar-refractivity contribution >= 4 is 19.8 Å². The monoisotopic (exact) mass is 859 g/mol. The van der Waals surface area contributed by atoms with Crippen molar-refractivity contribution in [3.05, 3.63) is 24.3 Å². The molecule has 0 rings (SSSR count). The molecule has 0 spiro atoms. The van der Waals surface area contributed by atoms with Crippen molar-refractivity contribution in [1.82, 2.24) is 0 Å². The van der Waals surface area contributed by atoms with Crippen molar-refractivity contribution in [3.63, 3.8) is 0 Å². The van der Waals surface area contributed by atoms with Crippen molar-refractivity contribution in [2.24, 2.45) is 0 Å². The Hall–Kier alpha value is -1.55. The average Bonchev–Trinajstić information content (AvgIpc) is 3.22. The lowest BCUT2D eigenvalue weighted by atomic mass is 10.1. The highest BCUT2D eigenvalue weighted by molar-refractivity contribution is 7.47. The summed E-state index contributed by atoms with van der Waals surface area (Å²) in [5, 5.41) is 18.4. The molecule has 0 saturated heterocycles. The second-order valence-electron chi connectivity index (χ2n) is 16.5. The van der Waals surface area contributed by atoms with E-state index in [0.717, 1.165) is 51.4 Å². The second-order valence-corrected chi connectivity index (χ2v) is 17.9. The lowest BCUT2D eigenvalue weighted by molar-refractivity contribution is -0.161. The third kappa shape index (κ3) is 44.3. The average molecular weight is 859 g/mol. The summed E-state index contributed by atoms with van der Waals surface area (Å²) in [4.78, 5) is 35.1. The van der Waals surface area contributed by atoms with E-state index in [0.29, 0.717) is 12.8 Å². The zero-order chi connectivity index (χ0) is 43.3. The molecule has 0 aromatic heterocycles. The Morgan fingerprint density at radius 1 is 0.492 bits per heavy atom. The van der Waals surface area contributed by atoms with Gasteiger partial charge in [-0.15, -0.1) is 0 Å². The van der Waals surface area contributed by atoms with E-state index >= 15 is 0 Å². The van der Waals surface area contributed by atoms with Gasteiger partial charge >= 0.3 is 19.8 Å². The number of aliphatic hydroxyl groups is 2. The molecule has 0 amide bonds. The zero-order valence-electron chi connectivity index (χ0n) is 38.0. The van der Waals surface area contributed by atoms with E-state index in [9.17, 15) is 24.2 Å². The molecule has 10 nitrogen and oxygen atoms in total. The molecule has 0 aromatic carbocycles. The van der Waals surface area contributed by atoms with E-state index in [1.165, 1.54) is 141 Å². The molecule has 1 unspecified atom stereocenters. The van der Waals surface area contributed by atoms with Crippen molar-refractivity contribution < 1.29 is 47.8 Å². The molecule has 0 radical (unpaired) electrons. The first kappa shape index (κ1) is 57.4. The van der Waals surface area contributed by atoms with E-state index in [2.05, 4.69) is 38.2 Å². The lowest BCUT2D eigenvalue weighted by Crippen LogP contribution is -2.29. The maximum Gasteiger partial charge on any atom is 0.472 e. The van der Waals surface area contributed by atoms with Crippen LogP contribution in [0.25, 0.3) is 0 Å². The molecule has 0 saturated carbocycles. The highest BCUT2D eigenvalue weighted by atomic mass is 31.2. The van der Waals surface area contributed by atoms with Gasteiger partial charge < -0.3 is 24.6 Å². The van der Waals surface area contributed by atoms with Crippen LogP contribution in [0.1, 0.15) is 232 Å². The first-order valence-electron chi connectivity index (χ1n) is 24.3. The Kier molecular flexibility index (Phi) is 43.3. The van der Waals surface area contributed by atoms with Gasteiger partial charge in [0.25, 0.3) is 0 Å². The van der Waals surface area contributed by atoms with Gasteiger partial charge in [0, 0.05) is 12.8 Å². The molecule has 348 valence electrons. The molecule has 0 aliphatic rings. The summed E-state index contributed by atoms with van der Waals surface area (Å²) in [5.74, 6) is -0.926. The van der Waals surface area contributed by atoms with Gasteiger partial charge in [0.05, 0.1) is 19.8 Å². The van der Waals surface area contributed by atoms with Crippen LogP contribution in [0, 0.1) is 0 Å². The summed E-state index contributed by atoms with van der Waals surface area (Å²) < 4.78 is 32.8. The van der Waals surface area contributed by atoms with Crippen LogP contribution >= 0.6 is 7.82 Å². The summed E-state index contributed by atoms with van der Waals surface area (Å²) in [6.07, 6.45) is 45.7. The highest BCUT2D eigenvalue weighted by Crippen LogP contribution is 2.43. The van der Waals surface area contributed by atoms with E-state index in [-0.39, 0.29) is 19.4 Å². The number of phosphoric acid groups is 1. The van der Waals surface area contributed by atoms with Gasteiger partial charge in [-0.3, -0.25) is 18.6 Å². The topological polar surface area (TPSA) is 149 Å². The molecule has 0 aromatic rings. The SMILES string of the molecule is CCCCCCCC/C=C\CCCCCCCCCC(=O)O[C@H](COC(=O)CCCCCCCCC/C=C\CCCCCCCCCC)COP(=O)(O)OC[C@@H](O)CO. The molecule has 0 heterocycles. The molecule has 11 heteroatoms. The number of hydrogen-bond donors (Lipinski definition) is 3. The van der Waals surface area contributed by atoms with E-state index in [1.807, 2.05) is 0 Å². The largest absolute Gasteiger partial charge is 0.472 e. The number of ether oxygens (including phenoxy) is 2. The molecule has 3 atom stereocenters. The predicted octanol–water partition coefficient (Wildman–Crippen LogP) is 13.3. The predicted molar refractivity (Wildman–Crippen MR) is 242 cm³/mol. The van der Waals surface area contributed by atoms with Crippen LogP contribution in [0.15, 0.2) is 24.3 Å². The van der Waals surface area contributed by atoms with Crippen molar-refractivity contribution in [2.45, 2.75) is 244 Å². The number of aliphatic hydroxyl groups excluding tert-OH is 2. The van der Waals surface area contributed by atoms with Crippen molar-refractivity contribution in [3.8, 4) is 0 Å². The first-order chi connectivity index (χ1) is 28.7. The van der Waals surface area contributed by atoms with Crippen LogP contribution < -0.4 is 0 Å². The van der Waals surface area contributed by atoms with Gasteiger partial charge in [0.15, 0.2) is 6.10 Å². The van der Waals surface area contributed by atoms with Crippen LogP contribution in [0.5, 0.6) is 0 Å². The highest BCUT2D eigenvalue weighted by Gasteiger charge is 2.27. The Morgan fingerprint density at radius 2 is 0.831 bits per heavy atom. The number of carbonyl (C=O) groups is 2. The number of unbranched alkanes of at least 4 members (excludes halogenated alkanes) is 28. The quantitative estimate of drug-likeness (QED) is 0.0234. The van der Waals surface area contributed by atoms with Gasteiger partial charge in [0.2, 0.25) is 0 Å². The number of esters is 2. The molecule has 0 bridgehead atoms. The van der Waals surface area contributed by atoms with E-state index in [1.54, 1.807) is 0 Å². The molecule has 0 aliphatic heterocycles. The smallest absolute Gasteiger partial charge is 0.462 e. The minimum Gasteiger partial charge on any atom is -0.462 e. The summed E-state index contributed by atoms with van der Waals surface area (Å²) in [7, 11) is -4.62. The Bertz CT molecular complexity index is 1040. The third-order valence-corrected chi connectivity index (χ3v) is 11.5. The molecule has 3 N–H and O–H groups in total. The fourth-order valence-electron chi connectivity index (χ4n) is 6.81. The number of carbonyl (C=O) groups excluding carboxylic acids is 2. The maximum atomic E-state index is 12.6. The van der Waals surface area contributed by atoms with Gasteiger partial charge in [-0.05, 0) is 64.2 Å². The Balaban J connectivity index is 4.21. The van der Waals surface area contributed by atoms with Crippen LogP contribution in [0.4, 0.5) is 0 Å². The first-order valence-corrected chi connectivity index (χ1v) is 25.8. The second kappa shape index (κ2) is 44.5. The number of phosphoric ester groups is 1.